The van der Waals surface area contributed by atoms with Crippen LogP contribution in [0.3, 0.4) is 0 Å². The Bertz CT molecular complexity index is 849. The number of rotatable bonds is 4. The van der Waals surface area contributed by atoms with Crippen molar-refractivity contribution < 1.29 is 4.74 Å². The van der Waals surface area contributed by atoms with E-state index in [9.17, 15) is 0 Å². The Labute approximate surface area is 164 Å². The summed E-state index contributed by atoms with van der Waals surface area (Å²) < 4.78 is 5.93. The monoisotopic (exact) mass is 384 g/mol. The first-order valence-electron chi connectivity index (χ1n) is 9.82. The summed E-state index contributed by atoms with van der Waals surface area (Å²) >= 11 is 6.10. The molecule has 0 aliphatic heterocycles. The van der Waals surface area contributed by atoms with E-state index in [1.807, 2.05) is 25.1 Å². The highest BCUT2D eigenvalue weighted by Gasteiger charge is 2.51. The Kier molecular flexibility index (Phi) is 3.97. The highest BCUT2D eigenvalue weighted by Crippen LogP contribution is 2.56. The maximum absolute atomic E-state index is 6.39. The molecule has 4 aliphatic rings. The Hall–Kier alpha value is -2.01. The van der Waals surface area contributed by atoms with Crippen LogP contribution in [-0.4, -0.2) is 15.5 Å². The molecular weight excluding hydrogens is 360 g/mol. The molecule has 2 aromatic rings. The lowest BCUT2D eigenvalue weighted by molar-refractivity contribution is 0.0106. The highest BCUT2D eigenvalue weighted by atomic mass is 35.5. The molecule has 0 unspecified atom stereocenters. The molecule has 1 aromatic carbocycles. The zero-order chi connectivity index (χ0) is 18.6. The van der Waals surface area contributed by atoms with Gasteiger partial charge in [-0.25, -0.2) is 4.98 Å². The molecule has 4 saturated carbocycles. The second-order valence-corrected chi connectivity index (χ2v) is 9.18. The van der Waals surface area contributed by atoms with Gasteiger partial charge in [-0.2, -0.15) is 4.98 Å². The second kappa shape index (κ2) is 6.26. The van der Waals surface area contributed by atoms with Crippen LogP contribution in [0.2, 0.25) is 5.02 Å². The molecule has 4 fully saturated rings. The third-order valence-electron chi connectivity index (χ3n) is 6.61. The molecule has 3 N–H and O–H groups in total. The predicted octanol–water partition coefficient (Wildman–Crippen LogP) is 5.19. The summed E-state index contributed by atoms with van der Waals surface area (Å²) in [7, 11) is 0. The van der Waals surface area contributed by atoms with E-state index in [2.05, 4.69) is 15.3 Å². The highest BCUT2D eigenvalue weighted by molar-refractivity contribution is 6.31. The number of nitrogens with one attached hydrogen (secondary N) is 1. The van der Waals surface area contributed by atoms with E-state index in [0.717, 1.165) is 23.3 Å². The summed E-state index contributed by atoms with van der Waals surface area (Å²) in [6, 6.07) is 5.53. The number of halogens is 1. The van der Waals surface area contributed by atoms with E-state index in [1.54, 1.807) is 0 Å². The van der Waals surface area contributed by atoms with E-state index in [4.69, 9.17) is 22.1 Å². The molecule has 6 heteroatoms. The maximum Gasteiger partial charge on any atom is 0.248 e. The van der Waals surface area contributed by atoms with Crippen molar-refractivity contribution >= 4 is 23.1 Å². The number of nitrogens with zero attached hydrogens (tertiary/aromatic N) is 2. The Morgan fingerprint density at radius 1 is 1.11 bits per heavy atom. The van der Waals surface area contributed by atoms with Crippen LogP contribution >= 0.6 is 11.6 Å². The summed E-state index contributed by atoms with van der Waals surface area (Å²) in [6.07, 6.45) is 9.44. The Morgan fingerprint density at radius 3 is 2.41 bits per heavy atom. The van der Waals surface area contributed by atoms with Crippen LogP contribution in [0.25, 0.3) is 0 Å². The standard InChI is InChI=1S/C21H25ClN4O/c1-12-4-16(2-3-17(12)22)27-20-18(23)19(24-11-25-20)26-21-8-13-5-14(9-21)7-15(6-13)10-21/h2-4,11,13-15H,5-10,23H2,1H3,(H,24,25,26). The fraction of sp³-hybridized carbons (Fsp3) is 0.524. The molecule has 0 radical (unpaired) electrons. The van der Waals surface area contributed by atoms with Crippen LogP contribution in [0, 0.1) is 24.7 Å². The summed E-state index contributed by atoms with van der Waals surface area (Å²) in [5.74, 6) is 4.34. The van der Waals surface area contributed by atoms with Crippen LogP contribution in [0.4, 0.5) is 11.5 Å². The molecule has 4 bridgehead atoms. The number of anilines is 2. The zero-order valence-corrected chi connectivity index (χ0v) is 16.3. The Morgan fingerprint density at radius 2 is 1.78 bits per heavy atom. The largest absolute Gasteiger partial charge is 0.437 e. The SMILES string of the molecule is Cc1cc(Oc2ncnc(NC34CC5CC(CC(C5)C3)C4)c2N)ccc1Cl. The Balaban J connectivity index is 1.39. The van der Waals surface area contributed by atoms with Crippen LogP contribution in [0.1, 0.15) is 44.1 Å². The molecule has 0 atom stereocenters. The molecule has 0 spiro atoms. The normalized spacial score (nSPS) is 31.1. The van der Waals surface area contributed by atoms with Crippen LogP contribution in [0.5, 0.6) is 11.6 Å². The van der Waals surface area contributed by atoms with Crippen molar-refractivity contribution in [2.75, 3.05) is 11.1 Å². The summed E-state index contributed by atoms with van der Waals surface area (Å²) in [5, 5.41) is 4.43. The molecule has 1 heterocycles. The van der Waals surface area contributed by atoms with Gasteiger partial charge in [0.2, 0.25) is 5.88 Å². The summed E-state index contributed by atoms with van der Waals surface area (Å²) in [4.78, 5) is 8.69. The summed E-state index contributed by atoms with van der Waals surface area (Å²) in [5.41, 5.74) is 7.96. The van der Waals surface area contributed by atoms with Gasteiger partial charge in [0.15, 0.2) is 5.82 Å². The van der Waals surface area contributed by atoms with Gasteiger partial charge in [-0.15, -0.1) is 0 Å². The third-order valence-corrected chi connectivity index (χ3v) is 7.04. The second-order valence-electron chi connectivity index (χ2n) is 8.78. The van der Waals surface area contributed by atoms with Gasteiger partial charge in [-0.05, 0) is 87.0 Å². The number of nitrogen functional groups attached to an aromatic ring is 1. The summed E-state index contributed by atoms with van der Waals surface area (Å²) in [6.45, 7) is 1.94. The van der Waals surface area contributed by atoms with Crippen LogP contribution in [0.15, 0.2) is 24.5 Å². The number of aryl methyl sites for hydroxylation is 1. The quantitative estimate of drug-likeness (QED) is 0.758. The van der Waals surface area contributed by atoms with Crippen molar-refractivity contribution in [1.29, 1.82) is 0 Å². The third kappa shape index (κ3) is 3.12. The predicted molar refractivity (Wildman–Crippen MR) is 107 cm³/mol. The van der Waals surface area contributed by atoms with E-state index in [0.29, 0.717) is 28.2 Å². The van der Waals surface area contributed by atoms with Gasteiger partial charge in [-0.1, -0.05) is 11.6 Å². The minimum absolute atomic E-state index is 0.144. The van der Waals surface area contributed by atoms with Gasteiger partial charge in [0, 0.05) is 10.6 Å². The number of benzene rings is 1. The number of hydrogen-bond donors (Lipinski definition) is 2. The van der Waals surface area contributed by atoms with Gasteiger partial charge >= 0.3 is 0 Å². The van der Waals surface area contributed by atoms with E-state index in [1.165, 1.54) is 44.9 Å². The molecule has 142 valence electrons. The average Bonchev–Trinajstić information content (AvgIpc) is 2.60. The molecule has 0 amide bonds. The minimum atomic E-state index is 0.144. The van der Waals surface area contributed by atoms with Crippen molar-refractivity contribution in [2.45, 2.75) is 51.0 Å². The van der Waals surface area contributed by atoms with Crippen molar-refractivity contribution in [3.8, 4) is 11.6 Å². The zero-order valence-electron chi connectivity index (χ0n) is 15.5. The molecule has 5 nitrogen and oxygen atoms in total. The van der Waals surface area contributed by atoms with Crippen molar-refractivity contribution in [3.63, 3.8) is 0 Å². The van der Waals surface area contributed by atoms with Gasteiger partial charge < -0.3 is 15.8 Å². The van der Waals surface area contributed by atoms with Crippen molar-refractivity contribution in [3.05, 3.63) is 35.1 Å². The van der Waals surface area contributed by atoms with Crippen molar-refractivity contribution in [2.24, 2.45) is 17.8 Å². The fourth-order valence-corrected chi connectivity index (χ4v) is 5.99. The average molecular weight is 385 g/mol. The molecular formula is C21H25ClN4O. The van der Waals surface area contributed by atoms with Crippen LogP contribution in [-0.2, 0) is 0 Å². The molecule has 1 aromatic heterocycles. The van der Waals surface area contributed by atoms with Gasteiger partial charge in [0.05, 0.1) is 0 Å². The first-order valence-corrected chi connectivity index (χ1v) is 10.2. The van der Waals surface area contributed by atoms with E-state index >= 15 is 0 Å². The van der Waals surface area contributed by atoms with E-state index < -0.39 is 0 Å². The fourth-order valence-electron chi connectivity index (χ4n) is 5.87. The topological polar surface area (TPSA) is 73.1 Å². The van der Waals surface area contributed by atoms with E-state index in [-0.39, 0.29) is 5.54 Å². The molecule has 0 saturated heterocycles. The van der Waals surface area contributed by atoms with Crippen LogP contribution < -0.4 is 15.8 Å². The van der Waals surface area contributed by atoms with Crippen molar-refractivity contribution in [1.82, 2.24) is 9.97 Å². The smallest absolute Gasteiger partial charge is 0.248 e. The van der Waals surface area contributed by atoms with Gasteiger partial charge in [-0.3, -0.25) is 0 Å². The molecule has 27 heavy (non-hydrogen) atoms. The molecule has 6 rings (SSSR count). The number of aromatic nitrogens is 2. The number of nitrogens with two attached hydrogens (primary N) is 1. The lowest BCUT2D eigenvalue weighted by Crippen LogP contribution is -2.55. The lowest BCUT2D eigenvalue weighted by Gasteiger charge is -2.57. The molecule has 4 aliphatic carbocycles. The van der Waals surface area contributed by atoms with Gasteiger partial charge in [0.25, 0.3) is 0 Å². The first-order chi connectivity index (χ1) is 13.0. The lowest BCUT2D eigenvalue weighted by atomic mass is 9.53. The maximum atomic E-state index is 6.39. The number of ether oxygens (including phenoxy) is 1. The van der Waals surface area contributed by atoms with Gasteiger partial charge in [0.1, 0.15) is 17.8 Å². The number of hydrogen-bond acceptors (Lipinski definition) is 5. The minimum Gasteiger partial charge on any atom is -0.437 e. The first kappa shape index (κ1) is 17.1.